The summed E-state index contributed by atoms with van der Waals surface area (Å²) in [6, 6.07) is 21.9. The lowest BCUT2D eigenvalue weighted by Crippen LogP contribution is -2.07. The second-order valence-corrected chi connectivity index (χ2v) is 5.92. The van der Waals surface area contributed by atoms with Crippen LogP contribution in [0.1, 0.15) is 43.0 Å². The second kappa shape index (κ2) is 6.63. The SMILES string of the molecule is Cc1ccc(C)c(C(=O)c2cccc(C(=O)c3ccccc3)c2)c1. The highest BCUT2D eigenvalue weighted by Gasteiger charge is 2.15. The molecule has 0 aliphatic heterocycles. The third-order valence-electron chi connectivity index (χ3n) is 4.06. The number of aryl methyl sites for hydroxylation is 2. The van der Waals surface area contributed by atoms with Gasteiger partial charge in [0.05, 0.1) is 0 Å². The zero-order valence-corrected chi connectivity index (χ0v) is 13.7. The first-order chi connectivity index (χ1) is 11.6. The molecule has 2 heteroatoms. The lowest BCUT2D eigenvalue weighted by atomic mass is 9.94. The Kier molecular flexibility index (Phi) is 4.39. The minimum absolute atomic E-state index is 0.0566. The van der Waals surface area contributed by atoms with Crippen molar-refractivity contribution in [2.24, 2.45) is 0 Å². The van der Waals surface area contributed by atoms with Gasteiger partial charge in [0.1, 0.15) is 0 Å². The normalized spacial score (nSPS) is 10.4. The van der Waals surface area contributed by atoms with Crippen LogP contribution in [0.2, 0.25) is 0 Å². The third-order valence-corrected chi connectivity index (χ3v) is 4.06. The fourth-order valence-corrected chi connectivity index (χ4v) is 2.69. The van der Waals surface area contributed by atoms with Crippen LogP contribution in [0.15, 0.2) is 72.8 Å². The minimum Gasteiger partial charge on any atom is -0.289 e. The van der Waals surface area contributed by atoms with Crippen molar-refractivity contribution in [3.63, 3.8) is 0 Å². The molecule has 2 nitrogen and oxygen atoms in total. The highest BCUT2D eigenvalue weighted by atomic mass is 16.1. The Balaban J connectivity index is 1.97. The topological polar surface area (TPSA) is 34.1 Å². The first-order valence-electron chi connectivity index (χ1n) is 7.88. The highest BCUT2D eigenvalue weighted by molar-refractivity contribution is 6.13. The number of carbonyl (C=O) groups excluding carboxylic acids is 2. The molecule has 0 aromatic heterocycles. The van der Waals surface area contributed by atoms with E-state index in [1.165, 1.54) is 0 Å². The van der Waals surface area contributed by atoms with E-state index < -0.39 is 0 Å². The standard InChI is InChI=1S/C22H18O2/c1-15-11-12-16(2)20(13-15)22(24)19-10-6-9-18(14-19)21(23)17-7-4-3-5-8-17/h3-14H,1-2H3. The summed E-state index contributed by atoms with van der Waals surface area (Å²) in [6.45, 7) is 3.89. The summed E-state index contributed by atoms with van der Waals surface area (Å²) < 4.78 is 0. The average Bonchev–Trinajstić information content (AvgIpc) is 2.63. The summed E-state index contributed by atoms with van der Waals surface area (Å²) in [4.78, 5) is 25.4. The summed E-state index contributed by atoms with van der Waals surface area (Å²) in [6.07, 6.45) is 0. The molecule has 0 atom stereocenters. The summed E-state index contributed by atoms with van der Waals surface area (Å²) >= 11 is 0. The maximum absolute atomic E-state index is 12.8. The summed E-state index contributed by atoms with van der Waals surface area (Å²) in [7, 11) is 0. The van der Waals surface area contributed by atoms with Crippen LogP contribution in [-0.4, -0.2) is 11.6 Å². The van der Waals surface area contributed by atoms with E-state index in [-0.39, 0.29) is 11.6 Å². The predicted molar refractivity (Wildman–Crippen MR) is 95.7 cm³/mol. The molecule has 0 fully saturated rings. The van der Waals surface area contributed by atoms with Gasteiger partial charge in [0.25, 0.3) is 0 Å². The Hall–Kier alpha value is -3.00. The van der Waals surface area contributed by atoms with Gasteiger partial charge in [0.15, 0.2) is 11.6 Å². The van der Waals surface area contributed by atoms with Crippen molar-refractivity contribution in [3.8, 4) is 0 Å². The number of rotatable bonds is 4. The van der Waals surface area contributed by atoms with Crippen molar-refractivity contribution < 1.29 is 9.59 Å². The van der Waals surface area contributed by atoms with Gasteiger partial charge in [-0.3, -0.25) is 9.59 Å². The van der Waals surface area contributed by atoms with E-state index in [0.29, 0.717) is 22.3 Å². The van der Waals surface area contributed by atoms with Crippen LogP contribution in [-0.2, 0) is 0 Å². The molecule has 0 saturated carbocycles. The Morgan fingerprint density at radius 3 is 1.96 bits per heavy atom. The van der Waals surface area contributed by atoms with Crippen molar-refractivity contribution in [2.45, 2.75) is 13.8 Å². The van der Waals surface area contributed by atoms with Gasteiger partial charge in [0, 0.05) is 22.3 Å². The van der Waals surface area contributed by atoms with Crippen LogP contribution in [0.4, 0.5) is 0 Å². The van der Waals surface area contributed by atoms with Crippen LogP contribution in [0.5, 0.6) is 0 Å². The maximum atomic E-state index is 12.8. The smallest absolute Gasteiger partial charge is 0.193 e. The molecule has 0 radical (unpaired) electrons. The van der Waals surface area contributed by atoms with Gasteiger partial charge in [0.2, 0.25) is 0 Å². The molecule has 0 amide bonds. The molecule has 0 heterocycles. The first-order valence-corrected chi connectivity index (χ1v) is 7.88. The molecule has 0 aliphatic rings. The summed E-state index contributed by atoms with van der Waals surface area (Å²) in [5.74, 6) is -0.134. The molecule has 118 valence electrons. The van der Waals surface area contributed by atoms with Crippen molar-refractivity contribution in [1.29, 1.82) is 0 Å². The van der Waals surface area contributed by atoms with Gasteiger partial charge in [-0.2, -0.15) is 0 Å². The minimum atomic E-state index is -0.0776. The van der Waals surface area contributed by atoms with Crippen molar-refractivity contribution in [3.05, 3.63) is 106 Å². The largest absolute Gasteiger partial charge is 0.289 e. The number of benzene rings is 3. The van der Waals surface area contributed by atoms with E-state index in [2.05, 4.69) is 0 Å². The quantitative estimate of drug-likeness (QED) is 0.650. The third kappa shape index (κ3) is 3.18. The van der Waals surface area contributed by atoms with Gasteiger partial charge in [-0.05, 0) is 31.5 Å². The van der Waals surface area contributed by atoms with E-state index in [1.54, 1.807) is 36.4 Å². The Morgan fingerprint density at radius 1 is 0.625 bits per heavy atom. The predicted octanol–water partition coefficient (Wildman–Crippen LogP) is 4.77. The van der Waals surface area contributed by atoms with E-state index in [9.17, 15) is 9.59 Å². The van der Waals surface area contributed by atoms with E-state index in [4.69, 9.17) is 0 Å². The monoisotopic (exact) mass is 314 g/mol. The molecule has 0 saturated heterocycles. The number of hydrogen-bond acceptors (Lipinski definition) is 2. The van der Waals surface area contributed by atoms with E-state index in [1.807, 2.05) is 50.2 Å². The molecule has 3 rings (SSSR count). The fraction of sp³-hybridized carbons (Fsp3) is 0.0909. The maximum Gasteiger partial charge on any atom is 0.193 e. The van der Waals surface area contributed by atoms with Gasteiger partial charge in [-0.1, -0.05) is 66.2 Å². The van der Waals surface area contributed by atoms with Crippen LogP contribution < -0.4 is 0 Å². The summed E-state index contributed by atoms with van der Waals surface area (Å²) in [5, 5.41) is 0. The van der Waals surface area contributed by atoms with Crippen LogP contribution in [0.25, 0.3) is 0 Å². The van der Waals surface area contributed by atoms with Gasteiger partial charge in [-0.15, -0.1) is 0 Å². The molecule has 3 aromatic carbocycles. The second-order valence-electron chi connectivity index (χ2n) is 5.92. The van der Waals surface area contributed by atoms with Crippen molar-refractivity contribution in [1.82, 2.24) is 0 Å². The Labute approximate surface area is 141 Å². The van der Waals surface area contributed by atoms with E-state index >= 15 is 0 Å². The van der Waals surface area contributed by atoms with Crippen molar-refractivity contribution in [2.75, 3.05) is 0 Å². The molecule has 0 N–H and O–H groups in total. The number of ketones is 2. The fourth-order valence-electron chi connectivity index (χ4n) is 2.69. The molecule has 0 bridgehead atoms. The molecule has 0 spiro atoms. The summed E-state index contributed by atoms with van der Waals surface area (Å²) in [5.41, 5.74) is 4.34. The number of carbonyl (C=O) groups is 2. The zero-order valence-electron chi connectivity index (χ0n) is 13.7. The lowest BCUT2D eigenvalue weighted by Gasteiger charge is -2.08. The van der Waals surface area contributed by atoms with Crippen LogP contribution >= 0.6 is 0 Å². The molecule has 3 aromatic rings. The molecular formula is C22H18O2. The zero-order chi connectivity index (χ0) is 17.1. The first kappa shape index (κ1) is 15.9. The molecule has 0 aliphatic carbocycles. The molecule has 0 unspecified atom stereocenters. The average molecular weight is 314 g/mol. The Morgan fingerprint density at radius 2 is 1.25 bits per heavy atom. The van der Waals surface area contributed by atoms with Crippen LogP contribution in [0.3, 0.4) is 0 Å². The van der Waals surface area contributed by atoms with Crippen molar-refractivity contribution >= 4 is 11.6 Å². The molecular weight excluding hydrogens is 296 g/mol. The van der Waals surface area contributed by atoms with Gasteiger partial charge < -0.3 is 0 Å². The van der Waals surface area contributed by atoms with Gasteiger partial charge >= 0.3 is 0 Å². The van der Waals surface area contributed by atoms with E-state index in [0.717, 1.165) is 11.1 Å². The Bertz CT molecular complexity index is 908. The highest BCUT2D eigenvalue weighted by Crippen LogP contribution is 2.18. The number of hydrogen-bond donors (Lipinski definition) is 0. The van der Waals surface area contributed by atoms with Gasteiger partial charge in [-0.25, -0.2) is 0 Å². The lowest BCUT2D eigenvalue weighted by molar-refractivity contribution is 0.103. The van der Waals surface area contributed by atoms with Crippen LogP contribution in [0, 0.1) is 13.8 Å². The molecule has 24 heavy (non-hydrogen) atoms.